The molecule has 0 saturated heterocycles. The van der Waals surface area contributed by atoms with Crippen LogP contribution in [-0.4, -0.2) is 39.1 Å². The Hall–Kier alpha value is -1.39. The molecule has 0 saturated carbocycles. The van der Waals surface area contributed by atoms with Gasteiger partial charge in [-0.1, -0.05) is 26.7 Å². The quantitative estimate of drug-likeness (QED) is 0.824. The van der Waals surface area contributed by atoms with Gasteiger partial charge >= 0.3 is 0 Å². The smallest absolute Gasteiger partial charge is 0.293 e. The summed E-state index contributed by atoms with van der Waals surface area (Å²) >= 11 is 0. The SMILES string of the molecule is CCC(CC)CN(CC)C(=O)c1n[nH]c(C)n1. The van der Waals surface area contributed by atoms with E-state index in [9.17, 15) is 4.79 Å². The monoisotopic (exact) mass is 238 g/mol. The highest BCUT2D eigenvalue weighted by atomic mass is 16.2. The first-order valence-electron chi connectivity index (χ1n) is 6.30. The van der Waals surface area contributed by atoms with Gasteiger partial charge in [-0.05, 0) is 19.8 Å². The predicted molar refractivity (Wildman–Crippen MR) is 66.8 cm³/mol. The number of aromatic amines is 1. The zero-order valence-electron chi connectivity index (χ0n) is 11.2. The molecule has 0 aliphatic rings. The van der Waals surface area contributed by atoms with Crippen molar-refractivity contribution in [2.75, 3.05) is 13.1 Å². The lowest BCUT2D eigenvalue weighted by atomic mass is 10.0. The summed E-state index contributed by atoms with van der Waals surface area (Å²) in [5, 5.41) is 6.62. The van der Waals surface area contributed by atoms with Crippen LogP contribution in [0.25, 0.3) is 0 Å². The fraction of sp³-hybridized carbons (Fsp3) is 0.750. The molecule has 17 heavy (non-hydrogen) atoms. The summed E-state index contributed by atoms with van der Waals surface area (Å²) in [6.07, 6.45) is 2.18. The predicted octanol–water partition coefficient (Wildman–Crippen LogP) is 2.01. The Morgan fingerprint density at radius 1 is 1.35 bits per heavy atom. The number of rotatable bonds is 6. The standard InChI is InChI=1S/C12H22N4O/c1-5-10(6-2)8-16(7-3)12(17)11-13-9(4)14-15-11/h10H,5-8H2,1-4H3,(H,13,14,15). The molecule has 1 amide bonds. The summed E-state index contributed by atoms with van der Waals surface area (Å²) in [5.41, 5.74) is 0. The van der Waals surface area contributed by atoms with Crippen LogP contribution >= 0.6 is 0 Å². The zero-order valence-corrected chi connectivity index (χ0v) is 11.2. The van der Waals surface area contributed by atoms with Crippen molar-refractivity contribution in [2.45, 2.75) is 40.5 Å². The average molecular weight is 238 g/mol. The van der Waals surface area contributed by atoms with Crippen molar-refractivity contribution in [3.63, 3.8) is 0 Å². The Balaban J connectivity index is 2.70. The average Bonchev–Trinajstić information content (AvgIpc) is 2.77. The number of aryl methyl sites for hydroxylation is 1. The lowest BCUT2D eigenvalue weighted by Gasteiger charge is -2.24. The van der Waals surface area contributed by atoms with Crippen LogP contribution in [0.5, 0.6) is 0 Å². The molecule has 0 fully saturated rings. The summed E-state index contributed by atoms with van der Waals surface area (Å²) in [6.45, 7) is 9.58. The molecular formula is C12H22N4O. The summed E-state index contributed by atoms with van der Waals surface area (Å²) in [7, 11) is 0. The molecule has 0 bridgehead atoms. The van der Waals surface area contributed by atoms with Gasteiger partial charge in [-0.2, -0.15) is 0 Å². The Bertz CT molecular complexity index is 357. The molecular weight excluding hydrogens is 216 g/mol. The molecule has 96 valence electrons. The van der Waals surface area contributed by atoms with E-state index >= 15 is 0 Å². The molecule has 0 aromatic carbocycles. The number of nitrogens with one attached hydrogen (secondary N) is 1. The third kappa shape index (κ3) is 3.54. The van der Waals surface area contributed by atoms with Crippen LogP contribution < -0.4 is 0 Å². The van der Waals surface area contributed by atoms with E-state index in [0.717, 1.165) is 19.4 Å². The van der Waals surface area contributed by atoms with Crippen molar-refractivity contribution >= 4 is 5.91 Å². The lowest BCUT2D eigenvalue weighted by molar-refractivity contribution is 0.0723. The minimum Gasteiger partial charge on any atom is -0.336 e. The van der Waals surface area contributed by atoms with E-state index in [4.69, 9.17) is 0 Å². The Labute approximate surface area is 103 Å². The van der Waals surface area contributed by atoms with E-state index in [2.05, 4.69) is 29.0 Å². The second-order valence-electron chi connectivity index (χ2n) is 4.27. The van der Waals surface area contributed by atoms with Crippen molar-refractivity contribution < 1.29 is 4.79 Å². The Morgan fingerprint density at radius 2 is 2.00 bits per heavy atom. The van der Waals surface area contributed by atoms with Gasteiger partial charge in [0.25, 0.3) is 5.91 Å². The van der Waals surface area contributed by atoms with Gasteiger partial charge in [-0.15, -0.1) is 5.10 Å². The molecule has 1 aromatic rings. The van der Waals surface area contributed by atoms with E-state index in [1.807, 2.05) is 11.8 Å². The van der Waals surface area contributed by atoms with Gasteiger partial charge in [0.05, 0.1) is 0 Å². The van der Waals surface area contributed by atoms with E-state index in [0.29, 0.717) is 18.3 Å². The number of hydrogen-bond donors (Lipinski definition) is 1. The van der Waals surface area contributed by atoms with Crippen LogP contribution in [0.1, 0.15) is 50.1 Å². The van der Waals surface area contributed by atoms with E-state index in [1.165, 1.54) is 0 Å². The highest BCUT2D eigenvalue weighted by molar-refractivity contribution is 5.90. The minimum absolute atomic E-state index is 0.0799. The van der Waals surface area contributed by atoms with Gasteiger partial charge in [-0.25, -0.2) is 4.98 Å². The highest BCUT2D eigenvalue weighted by Crippen LogP contribution is 2.11. The molecule has 0 aliphatic heterocycles. The van der Waals surface area contributed by atoms with Gasteiger partial charge in [0.1, 0.15) is 5.82 Å². The molecule has 1 heterocycles. The first-order chi connectivity index (χ1) is 8.12. The zero-order chi connectivity index (χ0) is 12.8. The number of carbonyl (C=O) groups is 1. The van der Waals surface area contributed by atoms with Gasteiger partial charge in [0, 0.05) is 13.1 Å². The van der Waals surface area contributed by atoms with Crippen LogP contribution in [0.15, 0.2) is 0 Å². The maximum absolute atomic E-state index is 12.1. The Kier molecular flexibility index (Phi) is 5.12. The second-order valence-corrected chi connectivity index (χ2v) is 4.27. The van der Waals surface area contributed by atoms with Gasteiger partial charge in [-0.3, -0.25) is 9.89 Å². The van der Waals surface area contributed by atoms with Crippen molar-refractivity contribution in [1.82, 2.24) is 20.1 Å². The van der Waals surface area contributed by atoms with Crippen LogP contribution in [0.2, 0.25) is 0 Å². The maximum Gasteiger partial charge on any atom is 0.293 e. The largest absolute Gasteiger partial charge is 0.336 e. The molecule has 1 aromatic heterocycles. The van der Waals surface area contributed by atoms with Crippen molar-refractivity contribution in [2.24, 2.45) is 5.92 Å². The third-order valence-corrected chi connectivity index (χ3v) is 3.09. The van der Waals surface area contributed by atoms with E-state index in [-0.39, 0.29) is 11.7 Å². The molecule has 1 rings (SSSR count). The number of hydrogen-bond acceptors (Lipinski definition) is 3. The topological polar surface area (TPSA) is 61.9 Å². The summed E-state index contributed by atoms with van der Waals surface area (Å²) < 4.78 is 0. The molecule has 0 radical (unpaired) electrons. The fourth-order valence-corrected chi connectivity index (χ4v) is 1.79. The van der Waals surface area contributed by atoms with Crippen molar-refractivity contribution in [3.05, 3.63) is 11.6 Å². The number of nitrogens with zero attached hydrogens (tertiary/aromatic N) is 3. The molecule has 0 aliphatic carbocycles. The number of H-pyrrole nitrogens is 1. The second kappa shape index (κ2) is 6.37. The van der Waals surface area contributed by atoms with Crippen LogP contribution in [-0.2, 0) is 0 Å². The molecule has 0 atom stereocenters. The van der Waals surface area contributed by atoms with E-state index in [1.54, 1.807) is 6.92 Å². The maximum atomic E-state index is 12.1. The van der Waals surface area contributed by atoms with Crippen LogP contribution in [0.3, 0.4) is 0 Å². The highest BCUT2D eigenvalue weighted by Gasteiger charge is 2.20. The first-order valence-corrected chi connectivity index (χ1v) is 6.30. The van der Waals surface area contributed by atoms with Crippen LogP contribution in [0.4, 0.5) is 0 Å². The fourth-order valence-electron chi connectivity index (χ4n) is 1.79. The van der Waals surface area contributed by atoms with Crippen molar-refractivity contribution in [1.29, 1.82) is 0 Å². The lowest BCUT2D eigenvalue weighted by Crippen LogP contribution is -2.35. The van der Waals surface area contributed by atoms with Crippen molar-refractivity contribution in [3.8, 4) is 0 Å². The molecule has 5 heteroatoms. The van der Waals surface area contributed by atoms with Crippen LogP contribution in [0, 0.1) is 12.8 Å². The van der Waals surface area contributed by atoms with Gasteiger partial charge < -0.3 is 4.90 Å². The molecule has 5 nitrogen and oxygen atoms in total. The third-order valence-electron chi connectivity index (χ3n) is 3.09. The summed E-state index contributed by atoms with van der Waals surface area (Å²) in [5.74, 6) is 1.42. The Morgan fingerprint density at radius 3 is 2.41 bits per heavy atom. The molecule has 0 spiro atoms. The molecule has 1 N–H and O–H groups in total. The van der Waals surface area contributed by atoms with Gasteiger partial charge in [0.15, 0.2) is 0 Å². The van der Waals surface area contributed by atoms with Gasteiger partial charge in [0.2, 0.25) is 5.82 Å². The molecule has 0 unspecified atom stereocenters. The number of aromatic nitrogens is 3. The first kappa shape index (κ1) is 13.7. The normalized spacial score (nSPS) is 10.9. The minimum atomic E-state index is -0.0799. The van der Waals surface area contributed by atoms with E-state index < -0.39 is 0 Å². The summed E-state index contributed by atoms with van der Waals surface area (Å²) in [4.78, 5) is 18.0. The summed E-state index contributed by atoms with van der Waals surface area (Å²) in [6, 6.07) is 0. The number of carbonyl (C=O) groups excluding carboxylic acids is 1. The number of amides is 1.